The highest BCUT2D eigenvalue weighted by molar-refractivity contribution is 7.92. The Morgan fingerprint density at radius 2 is 1.56 bits per heavy atom. The summed E-state index contributed by atoms with van der Waals surface area (Å²) in [5.41, 5.74) is 1.38. The van der Waals surface area contributed by atoms with Gasteiger partial charge in [0, 0.05) is 36.9 Å². The lowest BCUT2D eigenvalue weighted by Gasteiger charge is -2.36. The Morgan fingerprint density at radius 3 is 2.24 bits per heavy atom. The third-order valence-electron chi connectivity index (χ3n) is 5.37. The number of para-hydroxylation sites is 1. The maximum Gasteiger partial charge on any atom is 0.263 e. The predicted octanol–water partition coefficient (Wildman–Crippen LogP) is 1.47. The molecule has 0 atom stereocenters. The smallest absolute Gasteiger partial charge is 0.263 e. The number of carbonyl (C=O) groups is 1. The molecule has 0 radical (unpaired) electrons. The van der Waals surface area contributed by atoms with Crippen LogP contribution in [0.4, 0.5) is 11.4 Å². The van der Waals surface area contributed by atoms with Crippen LogP contribution in [0.1, 0.15) is 10.4 Å². The van der Waals surface area contributed by atoms with Crippen LogP contribution in [0.5, 0.6) is 5.75 Å². The van der Waals surface area contributed by atoms with Gasteiger partial charge in [0.15, 0.2) is 0 Å². The summed E-state index contributed by atoms with van der Waals surface area (Å²) in [5, 5.41) is 9.73. The molecule has 0 bridgehead atoms. The average Bonchev–Trinajstić information content (AvgIpc) is 2.81. The van der Waals surface area contributed by atoms with E-state index in [0.29, 0.717) is 26.2 Å². The number of rotatable bonds is 5. The molecule has 0 saturated carbocycles. The number of carbonyl (C=O) groups excluding carboxylic acids is 1. The van der Waals surface area contributed by atoms with Crippen molar-refractivity contribution < 1.29 is 30.7 Å². The summed E-state index contributed by atoms with van der Waals surface area (Å²) in [6.07, 6.45) is 0. The van der Waals surface area contributed by atoms with Gasteiger partial charge in [-0.1, -0.05) is 35.3 Å². The van der Waals surface area contributed by atoms with Crippen LogP contribution in [0.15, 0.2) is 71.6 Å². The molecule has 1 saturated heterocycles. The standard InChI is InChI=1S/C23H21Cl2N3O4S.ClH/c24-16-5-10-20(25)22(15-16)33(31,32)26-21-4-2-1-3-19(21)23(30)28-13-11-27(12-14-28)17-6-8-18(29)9-7-17;/h1-10,15,26,29H,11-14H2;1H/p-1. The first-order chi connectivity index (χ1) is 15.7. The summed E-state index contributed by atoms with van der Waals surface area (Å²) in [7, 11) is -4.07. The Kier molecular flexibility index (Phi) is 8.20. The van der Waals surface area contributed by atoms with E-state index in [2.05, 4.69) is 9.62 Å². The largest absolute Gasteiger partial charge is 1.00 e. The van der Waals surface area contributed by atoms with Gasteiger partial charge < -0.3 is 27.3 Å². The molecule has 0 unspecified atom stereocenters. The summed E-state index contributed by atoms with van der Waals surface area (Å²) in [5.74, 6) is -0.0680. The molecule has 0 aromatic heterocycles. The van der Waals surface area contributed by atoms with Crippen LogP contribution in [-0.4, -0.2) is 50.5 Å². The van der Waals surface area contributed by atoms with Crippen LogP contribution < -0.4 is 22.0 Å². The summed E-state index contributed by atoms with van der Waals surface area (Å²) in [6.45, 7) is 2.17. The number of phenols is 1. The van der Waals surface area contributed by atoms with Crippen LogP contribution in [0.3, 0.4) is 0 Å². The topological polar surface area (TPSA) is 90.0 Å². The van der Waals surface area contributed by atoms with E-state index in [1.165, 1.54) is 24.3 Å². The number of amides is 1. The Morgan fingerprint density at radius 1 is 0.912 bits per heavy atom. The van der Waals surface area contributed by atoms with E-state index in [1.807, 2.05) is 12.1 Å². The number of nitrogens with one attached hydrogen (secondary N) is 1. The molecular weight excluding hydrogens is 521 g/mol. The fraction of sp³-hybridized carbons (Fsp3) is 0.174. The van der Waals surface area contributed by atoms with E-state index in [4.69, 9.17) is 23.2 Å². The van der Waals surface area contributed by atoms with Crippen LogP contribution >= 0.6 is 23.2 Å². The summed E-state index contributed by atoms with van der Waals surface area (Å²) < 4.78 is 28.4. The summed E-state index contributed by atoms with van der Waals surface area (Å²) in [6, 6.07) is 17.5. The number of nitrogens with zero attached hydrogens (tertiary/aromatic N) is 2. The fourth-order valence-electron chi connectivity index (χ4n) is 3.64. The number of hydrogen-bond acceptors (Lipinski definition) is 5. The zero-order chi connectivity index (χ0) is 23.6. The second-order valence-electron chi connectivity index (χ2n) is 7.52. The molecule has 3 aromatic rings. The lowest BCUT2D eigenvalue weighted by Crippen LogP contribution is -3.00. The SMILES string of the molecule is O=C(c1ccccc1NS(=O)(=O)c1cc(Cl)ccc1Cl)N1CCN(c2ccc(O)cc2)CC1.[Cl-]. The number of halogens is 3. The molecule has 1 fully saturated rings. The first-order valence-electron chi connectivity index (χ1n) is 10.1. The second kappa shape index (κ2) is 10.7. The minimum Gasteiger partial charge on any atom is -1.00 e. The van der Waals surface area contributed by atoms with Gasteiger partial charge in [-0.25, -0.2) is 8.42 Å². The number of anilines is 2. The van der Waals surface area contributed by atoms with Gasteiger partial charge in [-0.15, -0.1) is 0 Å². The number of benzene rings is 3. The van der Waals surface area contributed by atoms with Crippen molar-refractivity contribution in [3.05, 3.63) is 82.3 Å². The van der Waals surface area contributed by atoms with Crippen molar-refractivity contribution in [3.8, 4) is 5.75 Å². The molecule has 1 aliphatic rings. The van der Waals surface area contributed by atoms with Gasteiger partial charge in [0.2, 0.25) is 0 Å². The highest BCUT2D eigenvalue weighted by atomic mass is 35.5. The van der Waals surface area contributed by atoms with E-state index in [1.54, 1.807) is 35.2 Å². The van der Waals surface area contributed by atoms with Crippen molar-refractivity contribution in [2.45, 2.75) is 4.90 Å². The van der Waals surface area contributed by atoms with Gasteiger partial charge in [0.25, 0.3) is 15.9 Å². The maximum atomic E-state index is 13.2. The van der Waals surface area contributed by atoms with E-state index in [0.717, 1.165) is 5.69 Å². The van der Waals surface area contributed by atoms with Crippen LogP contribution in [0.25, 0.3) is 0 Å². The van der Waals surface area contributed by atoms with Gasteiger partial charge in [-0.05, 0) is 54.6 Å². The van der Waals surface area contributed by atoms with Crippen LogP contribution in [-0.2, 0) is 10.0 Å². The minimum absolute atomic E-state index is 0. The van der Waals surface area contributed by atoms with Gasteiger partial charge in [-0.2, -0.15) is 0 Å². The molecular formula is C23H21Cl3N3O4S-. The van der Waals surface area contributed by atoms with Crippen molar-refractivity contribution in [2.75, 3.05) is 35.8 Å². The highest BCUT2D eigenvalue weighted by Gasteiger charge is 2.26. The maximum absolute atomic E-state index is 13.2. The Hall–Kier alpha value is -2.65. The van der Waals surface area contributed by atoms with Crippen LogP contribution in [0.2, 0.25) is 10.0 Å². The summed E-state index contributed by atoms with van der Waals surface area (Å²) >= 11 is 12.0. The summed E-state index contributed by atoms with van der Waals surface area (Å²) in [4.78, 5) is 16.9. The van der Waals surface area contributed by atoms with Crippen molar-refractivity contribution in [2.24, 2.45) is 0 Å². The first-order valence-corrected chi connectivity index (χ1v) is 12.4. The van der Waals surface area contributed by atoms with E-state index >= 15 is 0 Å². The number of aromatic hydroxyl groups is 1. The lowest BCUT2D eigenvalue weighted by molar-refractivity contribution is -0.0000197. The molecule has 0 aliphatic carbocycles. The van der Waals surface area contributed by atoms with Crippen molar-refractivity contribution in [1.29, 1.82) is 0 Å². The molecule has 0 spiro atoms. The zero-order valence-corrected chi connectivity index (χ0v) is 20.9. The van der Waals surface area contributed by atoms with E-state index < -0.39 is 10.0 Å². The Bertz CT molecular complexity index is 1280. The van der Waals surface area contributed by atoms with Crippen LogP contribution in [0, 0.1) is 0 Å². The van der Waals surface area contributed by atoms with Crippen molar-refractivity contribution in [3.63, 3.8) is 0 Å². The number of sulfonamides is 1. The second-order valence-corrected chi connectivity index (χ2v) is 10.0. The molecule has 4 rings (SSSR count). The molecule has 34 heavy (non-hydrogen) atoms. The normalized spacial score (nSPS) is 13.8. The van der Waals surface area contributed by atoms with E-state index in [9.17, 15) is 18.3 Å². The molecule has 3 aromatic carbocycles. The van der Waals surface area contributed by atoms with Gasteiger partial charge in [-0.3, -0.25) is 9.52 Å². The monoisotopic (exact) mass is 540 g/mol. The van der Waals surface area contributed by atoms with E-state index in [-0.39, 0.29) is 50.3 Å². The third kappa shape index (κ3) is 5.70. The lowest BCUT2D eigenvalue weighted by atomic mass is 10.1. The van der Waals surface area contributed by atoms with Gasteiger partial charge in [0.05, 0.1) is 16.3 Å². The van der Waals surface area contributed by atoms with Crippen molar-refractivity contribution >= 4 is 50.5 Å². The molecule has 1 heterocycles. The Labute approximate surface area is 214 Å². The molecule has 1 aliphatic heterocycles. The number of piperazine rings is 1. The molecule has 11 heteroatoms. The van der Waals surface area contributed by atoms with Crippen molar-refractivity contribution in [1.82, 2.24) is 4.90 Å². The minimum atomic E-state index is -4.07. The fourth-order valence-corrected chi connectivity index (χ4v) is 5.49. The number of hydrogen-bond donors (Lipinski definition) is 2. The third-order valence-corrected chi connectivity index (χ3v) is 7.45. The van der Waals surface area contributed by atoms with Gasteiger partial charge in [0.1, 0.15) is 10.6 Å². The Balaban J connectivity index is 0.00000324. The molecule has 1 amide bonds. The highest BCUT2D eigenvalue weighted by Crippen LogP contribution is 2.28. The first kappa shape index (κ1) is 26.0. The predicted molar refractivity (Wildman–Crippen MR) is 130 cm³/mol. The zero-order valence-electron chi connectivity index (χ0n) is 17.8. The molecule has 7 nitrogen and oxygen atoms in total. The van der Waals surface area contributed by atoms with Gasteiger partial charge >= 0.3 is 0 Å². The number of phenolic OH excluding ortho intramolecular Hbond substituents is 1. The quantitative estimate of drug-likeness (QED) is 0.511. The molecule has 2 N–H and O–H groups in total. The average molecular weight is 542 g/mol. The molecule has 180 valence electrons.